The lowest BCUT2D eigenvalue weighted by Gasteiger charge is -2.12. The highest BCUT2D eigenvalue weighted by Crippen LogP contribution is 2.33. The zero-order chi connectivity index (χ0) is 12.0. The van der Waals surface area contributed by atoms with Crippen LogP contribution in [0.4, 0.5) is 0 Å². The predicted octanol–water partition coefficient (Wildman–Crippen LogP) is 2.90. The van der Waals surface area contributed by atoms with Crippen LogP contribution in [0, 0.1) is 3.57 Å². The molecule has 0 amide bonds. The van der Waals surface area contributed by atoms with E-state index in [-0.39, 0.29) is 0 Å². The lowest BCUT2D eigenvalue weighted by atomic mass is 10.2. The van der Waals surface area contributed by atoms with Crippen molar-refractivity contribution in [2.24, 2.45) is 5.16 Å². The van der Waals surface area contributed by atoms with E-state index in [0.717, 1.165) is 21.3 Å². The van der Waals surface area contributed by atoms with Gasteiger partial charge in [0.05, 0.1) is 23.5 Å². The van der Waals surface area contributed by atoms with E-state index < -0.39 is 0 Å². The molecule has 0 unspecified atom stereocenters. The molecule has 4 nitrogen and oxygen atoms in total. The summed E-state index contributed by atoms with van der Waals surface area (Å²) in [6.45, 7) is 2.70. The SMILES string of the molecule is CCCOc1c(I)cc(C=NO)cc1OC. The van der Waals surface area contributed by atoms with Crippen molar-refractivity contribution in [3.05, 3.63) is 21.3 Å². The average Bonchev–Trinajstić information content (AvgIpc) is 2.27. The van der Waals surface area contributed by atoms with Gasteiger partial charge in [-0.3, -0.25) is 0 Å². The molecule has 5 heteroatoms. The Morgan fingerprint density at radius 2 is 2.25 bits per heavy atom. The molecule has 0 aliphatic rings. The number of ether oxygens (including phenoxy) is 2. The van der Waals surface area contributed by atoms with Crippen LogP contribution in [0.2, 0.25) is 0 Å². The summed E-state index contributed by atoms with van der Waals surface area (Å²) >= 11 is 2.17. The summed E-state index contributed by atoms with van der Waals surface area (Å²) in [6.07, 6.45) is 2.30. The van der Waals surface area contributed by atoms with Crippen LogP contribution in [-0.4, -0.2) is 25.1 Å². The molecular weight excluding hydrogens is 321 g/mol. The molecule has 0 aromatic heterocycles. The van der Waals surface area contributed by atoms with E-state index >= 15 is 0 Å². The summed E-state index contributed by atoms with van der Waals surface area (Å²) in [4.78, 5) is 0. The Kier molecular flexibility index (Phi) is 5.37. The topological polar surface area (TPSA) is 51.0 Å². The molecule has 0 aliphatic carbocycles. The maximum atomic E-state index is 8.48. The minimum absolute atomic E-state index is 0.648. The zero-order valence-corrected chi connectivity index (χ0v) is 11.4. The van der Waals surface area contributed by atoms with Gasteiger partial charge in [0, 0.05) is 5.56 Å². The fourth-order valence-corrected chi connectivity index (χ4v) is 2.01. The van der Waals surface area contributed by atoms with E-state index in [2.05, 4.69) is 27.7 Å². The Bertz CT molecular complexity index is 380. The maximum Gasteiger partial charge on any atom is 0.174 e. The van der Waals surface area contributed by atoms with Crippen LogP contribution in [0.3, 0.4) is 0 Å². The molecule has 16 heavy (non-hydrogen) atoms. The van der Waals surface area contributed by atoms with Crippen molar-refractivity contribution < 1.29 is 14.7 Å². The first kappa shape index (κ1) is 13.1. The van der Waals surface area contributed by atoms with Gasteiger partial charge in [-0.25, -0.2) is 0 Å². The molecule has 1 aromatic rings. The maximum absolute atomic E-state index is 8.48. The van der Waals surface area contributed by atoms with Gasteiger partial charge in [0.1, 0.15) is 0 Å². The molecule has 0 radical (unpaired) electrons. The van der Waals surface area contributed by atoms with Crippen LogP contribution in [0.5, 0.6) is 11.5 Å². The van der Waals surface area contributed by atoms with Gasteiger partial charge in [-0.2, -0.15) is 0 Å². The number of oxime groups is 1. The summed E-state index contributed by atoms with van der Waals surface area (Å²) in [5.74, 6) is 1.38. The van der Waals surface area contributed by atoms with Gasteiger partial charge < -0.3 is 14.7 Å². The van der Waals surface area contributed by atoms with Crippen molar-refractivity contribution in [1.82, 2.24) is 0 Å². The summed E-state index contributed by atoms with van der Waals surface area (Å²) in [5.41, 5.74) is 0.771. The Morgan fingerprint density at radius 1 is 1.50 bits per heavy atom. The number of halogens is 1. The number of rotatable bonds is 5. The fourth-order valence-electron chi connectivity index (χ4n) is 1.23. The fraction of sp³-hybridized carbons (Fsp3) is 0.364. The van der Waals surface area contributed by atoms with Crippen molar-refractivity contribution >= 4 is 28.8 Å². The minimum atomic E-state index is 0.648. The highest BCUT2D eigenvalue weighted by molar-refractivity contribution is 14.1. The van der Waals surface area contributed by atoms with Gasteiger partial charge in [0.15, 0.2) is 11.5 Å². The Morgan fingerprint density at radius 3 is 2.81 bits per heavy atom. The molecule has 0 heterocycles. The van der Waals surface area contributed by atoms with Crippen LogP contribution in [0.15, 0.2) is 17.3 Å². The van der Waals surface area contributed by atoms with E-state index in [0.29, 0.717) is 12.4 Å². The summed E-state index contributed by atoms with van der Waals surface area (Å²) in [7, 11) is 1.59. The summed E-state index contributed by atoms with van der Waals surface area (Å²) in [6, 6.07) is 3.64. The third-order valence-corrected chi connectivity index (χ3v) is 2.71. The summed E-state index contributed by atoms with van der Waals surface area (Å²) < 4.78 is 11.8. The third-order valence-electron chi connectivity index (χ3n) is 1.91. The van der Waals surface area contributed by atoms with Crippen LogP contribution in [0.1, 0.15) is 18.9 Å². The number of nitrogens with zero attached hydrogens (tertiary/aromatic N) is 1. The van der Waals surface area contributed by atoms with Crippen LogP contribution in [0.25, 0.3) is 0 Å². The smallest absolute Gasteiger partial charge is 0.174 e. The third kappa shape index (κ3) is 3.26. The van der Waals surface area contributed by atoms with Crippen molar-refractivity contribution in [3.63, 3.8) is 0 Å². The lowest BCUT2D eigenvalue weighted by molar-refractivity contribution is 0.292. The normalized spacial score (nSPS) is 10.7. The van der Waals surface area contributed by atoms with Gasteiger partial charge in [-0.15, -0.1) is 0 Å². The average molecular weight is 335 g/mol. The van der Waals surface area contributed by atoms with Crippen LogP contribution >= 0.6 is 22.6 Å². The second kappa shape index (κ2) is 6.57. The molecule has 0 fully saturated rings. The Hall–Kier alpha value is -0.980. The first-order chi connectivity index (χ1) is 7.72. The van der Waals surface area contributed by atoms with Crippen molar-refractivity contribution in [1.29, 1.82) is 0 Å². The standard InChI is InChI=1S/C11H14INO3/c1-3-4-16-11-9(12)5-8(7-13-14)6-10(11)15-2/h5-7,14H,3-4H2,1-2H3. The van der Waals surface area contributed by atoms with Gasteiger partial charge in [0.2, 0.25) is 0 Å². The highest BCUT2D eigenvalue weighted by atomic mass is 127. The highest BCUT2D eigenvalue weighted by Gasteiger charge is 2.10. The lowest BCUT2D eigenvalue weighted by Crippen LogP contribution is -2.01. The van der Waals surface area contributed by atoms with E-state index in [1.54, 1.807) is 13.2 Å². The molecule has 0 bridgehead atoms. The molecule has 1 rings (SSSR count). The molecule has 0 saturated heterocycles. The summed E-state index contributed by atoms with van der Waals surface area (Å²) in [5, 5.41) is 11.5. The number of hydrogen-bond donors (Lipinski definition) is 1. The van der Waals surface area contributed by atoms with E-state index in [1.807, 2.05) is 13.0 Å². The van der Waals surface area contributed by atoms with Gasteiger partial charge in [0.25, 0.3) is 0 Å². The van der Waals surface area contributed by atoms with E-state index in [4.69, 9.17) is 14.7 Å². The number of benzene rings is 1. The van der Waals surface area contributed by atoms with Crippen LogP contribution in [-0.2, 0) is 0 Å². The molecule has 0 saturated carbocycles. The zero-order valence-electron chi connectivity index (χ0n) is 9.24. The van der Waals surface area contributed by atoms with Crippen LogP contribution < -0.4 is 9.47 Å². The molecule has 88 valence electrons. The number of hydrogen-bond acceptors (Lipinski definition) is 4. The Balaban J connectivity index is 3.07. The van der Waals surface area contributed by atoms with Crippen molar-refractivity contribution in [3.8, 4) is 11.5 Å². The largest absolute Gasteiger partial charge is 0.493 e. The molecule has 0 spiro atoms. The van der Waals surface area contributed by atoms with E-state index in [1.165, 1.54) is 6.21 Å². The van der Waals surface area contributed by atoms with E-state index in [9.17, 15) is 0 Å². The molecule has 1 N–H and O–H groups in total. The van der Waals surface area contributed by atoms with Gasteiger partial charge in [-0.1, -0.05) is 12.1 Å². The first-order valence-electron chi connectivity index (χ1n) is 4.90. The molecular formula is C11H14INO3. The molecule has 0 atom stereocenters. The number of methoxy groups -OCH3 is 1. The second-order valence-corrected chi connectivity index (χ2v) is 4.29. The quantitative estimate of drug-likeness (QED) is 0.390. The first-order valence-corrected chi connectivity index (χ1v) is 5.98. The van der Waals surface area contributed by atoms with Gasteiger partial charge >= 0.3 is 0 Å². The Labute approximate surface area is 108 Å². The van der Waals surface area contributed by atoms with Crippen molar-refractivity contribution in [2.75, 3.05) is 13.7 Å². The molecule has 1 aromatic carbocycles. The van der Waals surface area contributed by atoms with Crippen molar-refractivity contribution in [2.45, 2.75) is 13.3 Å². The minimum Gasteiger partial charge on any atom is -0.493 e. The van der Waals surface area contributed by atoms with Gasteiger partial charge in [-0.05, 0) is 41.1 Å². The predicted molar refractivity (Wildman–Crippen MR) is 70.9 cm³/mol. The monoisotopic (exact) mass is 335 g/mol. The second-order valence-electron chi connectivity index (χ2n) is 3.13. The molecule has 0 aliphatic heterocycles.